The van der Waals surface area contributed by atoms with Gasteiger partial charge in [-0.1, -0.05) is 40.9 Å². The quantitative estimate of drug-likeness (QED) is 0.494. The Hall–Kier alpha value is -0.540. The molecule has 0 saturated heterocycles. The monoisotopic (exact) mass is 258 g/mol. The molecular formula is C12H16Cl2N2. The van der Waals surface area contributed by atoms with Crippen molar-refractivity contribution in [1.82, 2.24) is 5.43 Å². The second-order valence-corrected chi connectivity index (χ2v) is 4.74. The van der Waals surface area contributed by atoms with E-state index in [9.17, 15) is 0 Å². The van der Waals surface area contributed by atoms with Gasteiger partial charge < -0.3 is 0 Å². The third-order valence-electron chi connectivity index (χ3n) is 2.23. The molecule has 1 atom stereocenters. The van der Waals surface area contributed by atoms with Crippen LogP contribution in [0.2, 0.25) is 10.0 Å². The van der Waals surface area contributed by atoms with Crippen LogP contribution in [0, 0.1) is 0 Å². The zero-order valence-electron chi connectivity index (χ0n) is 9.43. The number of hydrazine groups is 1. The van der Waals surface area contributed by atoms with E-state index in [4.69, 9.17) is 29.0 Å². The Labute approximate surface area is 106 Å². The van der Waals surface area contributed by atoms with Crippen molar-refractivity contribution >= 4 is 23.2 Å². The number of allylic oxidation sites excluding steroid dienone is 1. The van der Waals surface area contributed by atoms with Gasteiger partial charge in [-0.3, -0.25) is 11.3 Å². The van der Waals surface area contributed by atoms with Crippen LogP contribution < -0.4 is 11.3 Å². The maximum atomic E-state index is 6.09. The minimum atomic E-state index is 0.0439. The summed E-state index contributed by atoms with van der Waals surface area (Å²) < 4.78 is 0. The first kappa shape index (κ1) is 13.5. The van der Waals surface area contributed by atoms with E-state index < -0.39 is 0 Å². The first-order valence-electron chi connectivity index (χ1n) is 5.08. The molecule has 0 heterocycles. The number of nitrogens with one attached hydrogen (secondary N) is 1. The molecule has 16 heavy (non-hydrogen) atoms. The summed E-state index contributed by atoms with van der Waals surface area (Å²) in [5.74, 6) is 5.49. The highest BCUT2D eigenvalue weighted by Crippen LogP contribution is 2.25. The first-order chi connectivity index (χ1) is 7.54. The van der Waals surface area contributed by atoms with Crippen molar-refractivity contribution in [2.24, 2.45) is 5.84 Å². The van der Waals surface area contributed by atoms with Crippen molar-refractivity contribution in [3.05, 3.63) is 45.5 Å². The van der Waals surface area contributed by atoms with Crippen LogP contribution in [0.5, 0.6) is 0 Å². The van der Waals surface area contributed by atoms with Gasteiger partial charge in [0, 0.05) is 16.1 Å². The van der Waals surface area contributed by atoms with Crippen LogP contribution in [0.4, 0.5) is 0 Å². The van der Waals surface area contributed by atoms with Crippen molar-refractivity contribution in [2.45, 2.75) is 26.3 Å². The van der Waals surface area contributed by atoms with Gasteiger partial charge in [-0.15, -0.1) is 0 Å². The molecule has 2 nitrogen and oxygen atoms in total. The van der Waals surface area contributed by atoms with Crippen LogP contribution in [-0.2, 0) is 6.42 Å². The van der Waals surface area contributed by atoms with Gasteiger partial charge in [-0.05, 0) is 38.0 Å². The standard InChI is InChI=1S/C12H16Cl2N2/c1-8(2)6-9(16-15)7-10-11(13)4-3-5-12(10)14/h3-6,9,16H,7,15H2,1-2H3. The van der Waals surface area contributed by atoms with E-state index in [0.717, 1.165) is 5.56 Å². The van der Waals surface area contributed by atoms with Crippen LogP contribution in [-0.4, -0.2) is 6.04 Å². The van der Waals surface area contributed by atoms with E-state index in [1.807, 2.05) is 32.0 Å². The second kappa shape index (κ2) is 6.26. The van der Waals surface area contributed by atoms with E-state index in [1.54, 1.807) is 0 Å². The Balaban J connectivity index is 2.90. The highest BCUT2D eigenvalue weighted by molar-refractivity contribution is 6.36. The van der Waals surface area contributed by atoms with Gasteiger partial charge in [0.1, 0.15) is 0 Å². The molecule has 0 aliphatic carbocycles. The molecule has 0 amide bonds. The number of halogens is 2. The molecule has 0 fully saturated rings. The molecule has 0 aliphatic rings. The molecule has 1 aromatic rings. The van der Waals surface area contributed by atoms with Gasteiger partial charge in [-0.2, -0.15) is 0 Å². The fourth-order valence-corrected chi connectivity index (χ4v) is 2.07. The van der Waals surface area contributed by atoms with Crippen molar-refractivity contribution in [1.29, 1.82) is 0 Å². The Kier molecular flexibility index (Phi) is 5.29. The zero-order valence-corrected chi connectivity index (χ0v) is 10.9. The highest BCUT2D eigenvalue weighted by Gasteiger charge is 2.10. The molecule has 0 aliphatic heterocycles. The smallest absolute Gasteiger partial charge is 0.0453 e. The van der Waals surface area contributed by atoms with Crippen molar-refractivity contribution in [2.75, 3.05) is 0 Å². The molecule has 0 radical (unpaired) electrons. The third-order valence-corrected chi connectivity index (χ3v) is 2.94. The van der Waals surface area contributed by atoms with Crippen LogP contribution in [0.15, 0.2) is 29.8 Å². The van der Waals surface area contributed by atoms with E-state index in [-0.39, 0.29) is 6.04 Å². The van der Waals surface area contributed by atoms with Crippen LogP contribution >= 0.6 is 23.2 Å². The van der Waals surface area contributed by atoms with Crippen LogP contribution in [0.25, 0.3) is 0 Å². The molecule has 0 bridgehead atoms. The predicted octanol–water partition coefficient (Wildman–Crippen LogP) is 3.33. The van der Waals surface area contributed by atoms with Crippen LogP contribution in [0.1, 0.15) is 19.4 Å². The molecule has 3 N–H and O–H groups in total. The zero-order chi connectivity index (χ0) is 12.1. The van der Waals surface area contributed by atoms with Gasteiger partial charge >= 0.3 is 0 Å². The van der Waals surface area contributed by atoms with E-state index in [0.29, 0.717) is 16.5 Å². The van der Waals surface area contributed by atoms with Gasteiger partial charge in [0.25, 0.3) is 0 Å². The summed E-state index contributed by atoms with van der Waals surface area (Å²) >= 11 is 12.2. The molecule has 1 unspecified atom stereocenters. The average molecular weight is 259 g/mol. The topological polar surface area (TPSA) is 38.0 Å². The molecule has 4 heteroatoms. The predicted molar refractivity (Wildman–Crippen MR) is 70.7 cm³/mol. The van der Waals surface area contributed by atoms with E-state index in [2.05, 4.69) is 11.5 Å². The molecule has 1 aromatic carbocycles. The number of hydrogen-bond donors (Lipinski definition) is 2. The lowest BCUT2D eigenvalue weighted by molar-refractivity contribution is 0.614. The molecule has 0 spiro atoms. The molecule has 88 valence electrons. The Morgan fingerprint density at radius 1 is 1.38 bits per heavy atom. The molecular weight excluding hydrogens is 243 g/mol. The molecule has 1 rings (SSSR count). The summed E-state index contributed by atoms with van der Waals surface area (Å²) in [5.41, 5.74) is 4.87. The summed E-state index contributed by atoms with van der Waals surface area (Å²) in [6, 6.07) is 5.54. The molecule has 0 saturated carbocycles. The maximum absolute atomic E-state index is 6.09. The van der Waals surface area contributed by atoms with E-state index in [1.165, 1.54) is 5.57 Å². The van der Waals surface area contributed by atoms with E-state index >= 15 is 0 Å². The lowest BCUT2D eigenvalue weighted by atomic mass is 10.0. The first-order valence-corrected chi connectivity index (χ1v) is 5.84. The summed E-state index contributed by atoms with van der Waals surface area (Å²) in [7, 11) is 0. The minimum Gasteiger partial charge on any atom is -0.271 e. The average Bonchev–Trinajstić information content (AvgIpc) is 2.21. The largest absolute Gasteiger partial charge is 0.271 e. The minimum absolute atomic E-state index is 0.0439. The van der Waals surface area contributed by atoms with Crippen molar-refractivity contribution in [3.8, 4) is 0 Å². The normalized spacial score (nSPS) is 12.3. The van der Waals surface area contributed by atoms with Gasteiger partial charge in [0.2, 0.25) is 0 Å². The number of rotatable bonds is 4. The van der Waals surface area contributed by atoms with Crippen LogP contribution in [0.3, 0.4) is 0 Å². The highest BCUT2D eigenvalue weighted by atomic mass is 35.5. The van der Waals surface area contributed by atoms with Gasteiger partial charge in [0.15, 0.2) is 0 Å². The maximum Gasteiger partial charge on any atom is 0.0453 e. The second-order valence-electron chi connectivity index (χ2n) is 3.92. The SMILES string of the molecule is CC(C)=CC(Cc1c(Cl)cccc1Cl)NN. The third kappa shape index (κ3) is 3.80. The lowest BCUT2D eigenvalue weighted by Crippen LogP contribution is -2.35. The lowest BCUT2D eigenvalue weighted by Gasteiger charge is -2.14. The van der Waals surface area contributed by atoms with Crippen molar-refractivity contribution in [3.63, 3.8) is 0 Å². The number of benzene rings is 1. The molecule has 0 aromatic heterocycles. The summed E-state index contributed by atoms with van der Waals surface area (Å²) in [4.78, 5) is 0. The number of nitrogens with two attached hydrogens (primary N) is 1. The Bertz CT molecular complexity index is 364. The van der Waals surface area contributed by atoms with Gasteiger partial charge in [-0.25, -0.2) is 0 Å². The fourth-order valence-electron chi connectivity index (χ4n) is 1.52. The number of hydrogen-bond acceptors (Lipinski definition) is 2. The Morgan fingerprint density at radius 3 is 2.38 bits per heavy atom. The summed E-state index contributed by atoms with van der Waals surface area (Å²) in [6.45, 7) is 4.05. The van der Waals surface area contributed by atoms with Crippen molar-refractivity contribution < 1.29 is 0 Å². The summed E-state index contributed by atoms with van der Waals surface area (Å²) in [6.07, 6.45) is 2.74. The Morgan fingerprint density at radius 2 is 1.94 bits per heavy atom. The fraction of sp³-hybridized carbons (Fsp3) is 0.333. The van der Waals surface area contributed by atoms with Gasteiger partial charge in [0.05, 0.1) is 0 Å². The summed E-state index contributed by atoms with van der Waals surface area (Å²) in [5, 5.41) is 1.35.